The number of nitrogen functional groups attached to an aromatic ring is 1. The van der Waals surface area contributed by atoms with E-state index in [4.69, 9.17) is 11.1 Å². The van der Waals surface area contributed by atoms with Crippen LogP contribution in [-0.4, -0.2) is 12.9 Å². The Morgan fingerprint density at radius 2 is 1.67 bits per heavy atom. The molecule has 0 aliphatic heterocycles. The molecular weight excluding hydrogens is 258 g/mol. The van der Waals surface area contributed by atoms with E-state index in [1.54, 1.807) is 0 Å². The maximum atomic E-state index is 7.49. The Labute approximate surface area is 126 Å². The van der Waals surface area contributed by atoms with Crippen LogP contribution in [0.4, 0.5) is 5.69 Å². The summed E-state index contributed by atoms with van der Waals surface area (Å²) in [5.74, 6) is 0.118. The second-order valence-corrected chi connectivity index (χ2v) is 5.76. The summed E-state index contributed by atoms with van der Waals surface area (Å²) < 4.78 is 0. The smallest absolute Gasteiger partial charge is 0.122 e. The number of anilines is 1. The number of hydrogen-bond donors (Lipinski definition) is 2. The molecule has 0 aliphatic carbocycles. The number of aryl methyl sites for hydroxylation is 3. The first kappa shape index (κ1) is 15.1. The molecule has 0 radical (unpaired) electrons. The highest BCUT2D eigenvalue weighted by molar-refractivity contribution is 5.95. The molecule has 0 saturated heterocycles. The summed E-state index contributed by atoms with van der Waals surface area (Å²) in [6.07, 6.45) is 0. The van der Waals surface area contributed by atoms with Crippen molar-refractivity contribution in [1.82, 2.24) is 0 Å². The number of nitrogens with two attached hydrogens (primary N) is 1. The SMILES string of the molecule is Cc1cc(C)cc(N(C)Cc2ccc(C(=N)N)cc2C)c1. The van der Waals surface area contributed by atoms with Gasteiger partial charge in [-0.3, -0.25) is 5.41 Å². The molecule has 0 saturated carbocycles. The van der Waals surface area contributed by atoms with Crippen molar-refractivity contribution in [3.63, 3.8) is 0 Å². The minimum absolute atomic E-state index is 0.118. The summed E-state index contributed by atoms with van der Waals surface area (Å²) in [5, 5.41) is 7.49. The predicted octanol–water partition coefficient (Wildman–Crippen LogP) is 3.53. The van der Waals surface area contributed by atoms with Crippen LogP contribution < -0.4 is 10.6 Å². The first-order valence-electron chi connectivity index (χ1n) is 7.10. The van der Waals surface area contributed by atoms with Crippen LogP contribution in [0.1, 0.15) is 27.8 Å². The summed E-state index contributed by atoms with van der Waals surface area (Å²) >= 11 is 0. The third-order valence-electron chi connectivity index (χ3n) is 3.71. The average Bonchev–Trinajstić information content (AvgIpc) is 2.39. The van der Waals surface area contributed by atoms with Crippen molar-refractivity contribution in [3.05, 3.63) is 64.2 Å². The van der Waals surface area contributed by atoms with Gasteiger partial charge in [0.2, 0.25) is 0 Å². The van der Waals surface area contributed by atoms with Gasteiger partial charge in [-0.25, -0.2) is 0 Å². The number of benzene rings is 2. The number of amidine groups is 1. The van der Waals surface area contributed by atoms with Gasteiger partial charge in [0.15, 0.2) is 0 Å². The van der Waals surface area contributed by atoms with E-state index in [2.05, 4.69) is 57.0 Å². The summed E-state index contributed by atoms with van der Waals surface area (Å²) in [4.78, 5) is 2.25. The molecule has 3 heteroatoms. The summed E-state index contributed by atoms with van der Waals surface area (Å²) in [6, 6.07) is 12.5. The Hall–Kier alpha value is -2.29. The molecule has 110 valence electrons. The van der Waals surface area contributed by atoms with E-state index in [0.717, 1.165) is 12.1 Å². The molecule has 3 nitrogen and oxygen atoms in total. The van der Waals surface area contributed by atoms with Crippen molar-refractivity contribution in [3.8, 4) is 0 Å². The number of nitrogens with zero attached hydrogens (tertiary/aromatic N) is 1. The minimum Gasteiger partial charge on any atom is -0.384 e. The van der Waals surface area contributed by atoms with Gasteiger partial charge < -0.3 is 10.6 Å². The van der Waals surface area contributed by atoms with Gasteiger partial charge in [-0.05, 0) is 61.2 Å². The Morgan fingerprint density at radius 1 is 1.05 bits per heavy atom. The monoisotopic (exact) mass is 281 g/mol. The molecule has 0 heterocycles. The van der Waals surface area contributed by atoms with Gasteiger partial charge >= 0.3 is 0 Å². The Morgan fingerprint density at radius 3 is 2.19 bits per heavy atom. The lowest BCUT2D eigenvalue weighted by atomic mass is 10.0. The normalized spacial score (nSPS) is 10.5. The molecule has 2 aromatic carbocycles. The average molecular weight is 281 g/mol. The topological polar surface area (TPSA) is 53.1 Å². The van der Waals surface area contributed by atoms with Gasteiger partial charge in [0, 0.05) is 24.8 Å². The first-order valence-corrected chi connectivity index (χ1v) is 7.10. The summed E-state index contributed by atoms with van der Waals surface area (Å²) in [5.41, 5.74) is 12.5. The lowest BCUT2D eigenvalue weighted by molar-refractivity contribution is 0.912. The first-order chi connectivity index (χ1) is 9.86. The van der Waals surface area contributed by atoms with Gasteiger partial charge in [-0.15, -0.1) is 0 Å². The van der Waals surface area contributed by atoms with Crippen molar-refractivity contribution in [2.45, 2.75) is 27.3 Å². The van der Waals surface area contributed by atoms with E-state index in [1.807, 2.05) is 12.1 Å². The van der Waals surface area contributed by atoms with Crippen molar-refractivity contribution in [2.75, 3.05) is 11.9 Å². The molecule has 0 unspecified atom stereocenters. The van der Waals surface area contributed by atoms with Gasteiger partial charge in [0.25, 0.3) is 0 Å². The Balaban J connectivity index is 2.23. The van der Waals surface area contributed by atoms with E-state index in [-0.39, 0.29) is 5.84 Å². The molecule has 0 fully saturated rings. The summed E-state index contributed by atoms with van der Waals surface area (Å²) in [7, 11) is 2.10. The molecule has 0 amide bonds. The Kier molecular flexibility index (Phi) is 4.32. The number of rotatable bonds is 4. The van der Waals surface area contributed by atoms with E-state index in [9.17, 15) is 0 Å². The molecule has 0 atom stereocenters. The zero-order valence-electron chi connectivity index (χ0n) is 13.2. The molecule has 0 aliphatic rings. The fourth-order valence-electron chi connectivity index (χ4n) is 2.56. The highest BCUT2D eigenvalue weighted by atomic mass is 15.1. The van der Waals surface area contributed by atoms with E-state index < -0.39 is 0 Å². The maximum absolute atomic E-state index is 7.49. The lowest BCUT2D eigenvalue weighted by Crippen LogP contribution is -2.18. The van der Waals surface area contributed by atoms with Crippen LogP contribution in [0.5, 0.6) is 0 Å². The molecular formula is C18H23N3. The Bertz CT molecular complexity index is 654. The van der Waals surface area contributed by atoms with Crippen molar-refractivity contribution < 1.29 is 0 Å². The second-order valence-electron chi connectivity index (χ2n) is 5.76. The van der Waals surface area contributed by atoms with Gasteiger partial charge in [-0.1, -0.05) is 18.2 Å². The second kappa shape index (κ2) is 6.00. The molecule has 21 heavy (non-hydrogen) atoms. The highest BCUT2D eigenvalue weighted by Gasteiger charge is 2.07. The standard InChI is InChI=1S/C18H23N3/c1-12-7-13(2)9-17(8-12)21(4)11-16-6-5-15(18(19)20)10-14(16)3/h5-10H,11H2,1-4H3,(H3,19,20). The molecule has 2 rings (SSSR count). The maximum Gasteiger partial charge on any atom is 0.122 e. The van der Waals surface area contributed by atoms with Gasteiger partial charge in [-0.2, -0.15) is 0 Å². The zero-order chi connectivity index (χ0) is 15.6. The van der Waals surface area contributed by atoms with Crippen LogP contribution in [0.3, 0.4) is 0 Å². The van der Waals surface area contributed by atoms with Gasteiger partial charge in [0.05, 0.1) is 0 Å². The van der Waals surface area contributed by atoms with Crippen LogP contribution in [0.15, 0.2) is 36.4 Å². The zero-order valence-corrected chi connectivity index (χ0v) is 13.2. The number of nitrogens with one attached hydrogen (secondary N) is 1. The van der Waals surface area contributed by atoms with Crippen LogP contribution >= 0.6 is 0 Å². The fraction of sp³-hybridized carbons (Fsp3) is 0.278. The fourth-order valence-corrected chi connectivity index (χ4v) is 2.56. The highest BCUT2D eigenvalue weighted by Crippen LogP contribution is 2.21. The van der Waals surface area contributed by atoms with Crippen LogP contribution in [0.25, 0.3) is 0 Å². The predicted molar refractivity (Wildman–Crippen MR) is 90.2 cm³/mol. The van der Waals surface area contributed by atoms with Crippen LogP contribution in [0.2, 0.25) is 0 Å². The molecule has 0 spiro atoms. The van der Waals surface area contributed by atoms with Gasteiger partial charge in [0.1, 0.15) is 5.84 Å². The molecule has 2 aromatic rings. The summed E-state index contributed by atoms with van der Waals surface area (Å²) in [6.45, 7) is 7.15. The third kappa shape index (κ3) is 3.63. The number of hydrogen-bond acceptors (Lipinski definition) is 2. The van der Waals surface area contributed by atoms with Crippen LogP contribution in [0, 0.1) is 26.2 Å². The molecule has 3 N–H and O–H groups in total. The molecule has 0 aromatic heterocycles. The lowest BCUT2D eigenvalue weighted by Gasteiger charge is -2.22. The van der Waals surface area contributed by atoms with E-state index in [0.29, 0.717) is 0 Å². The minimum atomic E-state index is 0.118. The largest absolute Gasteiger partial charge is 0.384 e. The third-order valence-corrected chi connectivity index (χ3v) is 3.71. The molecule has 0 bridgehead atoms. The van der Waals surface area contributed by atoms with Crippen molar-refractivity contribution in [1.29, 1.82) is 5.41 Å². The van der Waals surface area contributed by atoms with Crippen LogP contribution in [-0.2, 0) is 6.54 Å². The van der Waals surface area contributed by atoms with E-state index in [1.165, 1.54) is 27.9 Å². The van der Waals surface area contributed by atoms with Crippen molar-refractivity contribution in [2.24, 2.45) is 5.73 Å². The quantitative estimate of drug-likeness (QED) is 0.665. The van der Waals surface area contributed by atoms with E-state index >= 15 is 0 Å². The van der Waals surface area contributed by atoms with Crippen molar-refractivity contribution >= 4 is 11.5 Å².